The molecule has 1 aromatic carbocycles. The molecule has 0 aliphatic rings. The molecule has 2 rings (SSSR count). The maximum absolute atomic E-state index is 5.94. The van der Waals surface area contributed by atoms with Gasteiger partial charge in [0.25, 0.3) is 0 Å². The Hall–Kier alpha value is -0.920. The van der Waals surface area contributed by atoms with E-state index in [0.717, 1.165) is 32.5 Å². The van der Waals surface area contributed by atoms with Crippen LogP contribution >= 0.6 is 31.9 Å². The van der Waals surface area contributed by atoms with Crippen molar-refractivity contribution in [3.63, 3.8) is 0 Å². The van der Waals surface area contributed by atoms with Gasteiger partial charge in [0.1, 0.15) is 5.75 Å². The zero-order chi connectivity index (χ0) is 14.0. The summed E-state index contributed by atoms with van der Waals surface area (Å²) in [6.45, 7) is 2.02. The van der Waals surface area contributed by atoms with Crippen LogP contribution in [-0.2, 0) is 0 Å². The van der Waals surface area contributed by atoms with Crippen LogP contribution < -0.4 is 10.5 Å². The number of rotatable bonds is 4. The van der Waals surface area contributed by atoms with Gasteiger partial charge in [0.15, 0.2) is 0 Å². The monoisotopic (exact) mass is 388 g/mol. The first-order chi connectivity index (χ1) is 9.06. The minimum Gasteiger partial charge on any atom is -0.495 e. The van der Waals surface area contributed by atoms with Crippen molar-refractivity contribution in [1.29, 1.82) is 0 Å². The molecule has 0 saturated heterocycles. The number of aromatic nitrogens is 3. The van der Waals surface area contributed by atoms with Crippen molar-refractivity contribution in [1.82, 2.24) is 15.0 Å². The van der Waals surface area contributed by atoms with Gasteiger partial charge in [-0.25, -0.2) is 4.68 Å². The minimum atomic E-state index is -0.0927. The van der Waals surface area contributed by atoms with Gasteiger partial charge in [-0.2, -0.15) is 0 Å². The summed E-state index contributed by atoms with van der Waals surface area (Å²) in [5.41, 5.74) is 7.57. The van der Waals surface area contributed by atoms with Gasteiger partial charge in [-0.15, -0.1) is 5.10 Å². The Morgan fingerprint density at radius 3 is 2.74 bits per heavy atom. The Balaban J connectivity index is 2.44. The van der Waals surface area contributed by atoms with Gasteiger partial charge in [-0.1, -0.05) is 12.1 Å². The van der Waals surface area contributed by atoms with Crippen molar-refractivity contribution in [2.24, 2.45) is 5.73 Å². The summed E-state index contributed by atoms with van der Waals surface area (Å²) in [6, 6.07) is 3.70. The molecule has 19 heavy (non-hydrogen) atoms. The molecule has 0 saturated carbocycles. The zero-order valence-electron chi connectivity index (χ0n) is 10.6. The van der Waals surface area contributed by atoms with Crippen molar-refractivity contribution < 1.29 is 4.74 Å². The number of ether oxygens (including phenoxy) is 1. The van der Waals surface area contributed by atoms with Gasteiger partial charge in [-0.05, 0) is 44.3 Å². The average molecular weight is 390 g/mol. The standard InChI is InChI=1S/C12H14Br2N4O/c1-3-9(15)10-6-18(17-16-10)11-5-12(19-2)8(14)4-7(11)13/h4-6,9H,3,15H2,1-2H3. The van der Waals surface area contributed by atoms with E-state index in [4.69, 9.17) is 10.5 Å². The number of nitrogens with two attached hydrogens (primary N) is 1. The Morgan fingerprint density at radius 1 is 1.37 bits per heavy atom. The molecule has 7 heteroatoms. The van der Waals surface area contributed by atoms with Crippen LogP contribution in [0, 0.1) is 0 Å². The van der Waals surface area contributed by atoms with Gasteiger partial charge < -0.3 is 10.5 Å². The molecule has 0 bridgehead atoms. The van der Waals surface area contributed by atoms with E-state index in [0.29, 0.717) is 0 Å². The molecule has 0 aliphatic heterocycles. The van der Waals surface area contributed by atoms with E-state index in [2.05, 4.69) is 42.2 Å². The molecular formula is C12H14Br2N4O. The number of halogens is 2. The fraction of sp³-hybridized carbons (Fsp3) is 0.333. The van der Waals surface area contributed by atoms with E-state index >= 15 is 0 Å². The fourth-order valence-electron chi connectivity index (χ4n) is 1.62. The van der Waals surface area contributed by atoms with Crippen LogP contribution in [0.1, 0.15) is 25.1 Å². The third-order valence-corrected chi connectivity index (χ3v) is 4.05. The highest BCUT2D eigenvalue weighted by Gasteiger charge is 2.13. The molecule has 1 atom stereocenters. The SMILES string of the molecule is CCC(N)c1cn(-c2cc(OC)c(Br)cc2Br)nn1. The van der Waals surface area contributed by atoms with Gasteiger partial charge >= 0.3 is 0 Å². The Kier molecular flexibility index (Phi) is 4.59. The van der Waals surface area contributed by atoms with Gasteiger partial charge in [-0.3, -0.25) is 0 Å². The van der Waals surface area contributed by atoms with Crippen molar-refractivity contribution in [2.75, 3.05) is 7.11 Å². The third-order valence-electron chi connectivity index (χ3n) is 2.80. The quantitative estimate of drug-likeness (QED) is 0.871. The maximum Gasteiger partial charge on any atom is 0.135 e. The summed E-state index contributed by atoms with van der Waals surface area (Å²) in [6.07, 6.45) is 2.66. The van der Waals surface area contributed by atoms with Crippen molar-refractivity contribution >= 4 is 31.9 Å². The van der Waals surface area contributed by atoms with Gasteiger partial charge in [0, 0.05) is 10.5 Å². The number of methoxy groups -OCH3 is 1. The maximum atomic E-state index is 5.94. The van der Waals surface area contributed by atoms with E-state index in [-0.39, 0.29) is 6.04 Å². The highest BCUT2D eigenvalue weighted by molar-refractivity contribution is 9.11. The van der Waals surface area contributed by atoms with Gasteiger partial charge in [0.05, 0.1) is 35.2 Å². The molecular weight excluding hydrogens is 376 g/mol. The summed E-state index contributed by atoms with van der Waals surface area (Å²) in [4.78, 5) is 0. The van der Waals surface area contributed by atoms with Crippen LogP contribution in [-0.4, -0.2) is 22.1 Å². The molecule has 1 aromatic heterocycles. The summed E-state index contributed by atoms with van der Waals surface area (Å²) in [7, 11) is 1.62. The molecule has 0 spiro atoms. The van der Waals surface area contributed by atoms with E-state index in [1.54, 1.807) is 11.8 Å². The van der Waals surface area contributed by atoms with Crippen LogP contribution in [0.25, 0.3) is 5.69 Å². The average Bonchev–Trinajstić information content (AvgIpc) is 2.87. The molecule has 1 unspecified atom stereocenters. The van der Waals surface area contributed by atoms with Crippen molar-refractivity contribution in [3.8, 4) is 11.4 Å². The minimum absolute atomic E-state index is 0.0927. The molecule has 0 amide bonds. The topological polar surface area (TPSA) is 66.0 Å². The number of benzene rings is 1. The van der Waals surface area contributed by atoms with Crippen LogP contribution in [0.15, 0.2) is 27.3 Å². The Bertz CT molecular complexity index is 585. The van der Waals surface area contributed by atoms with Crippen LogP contribution in [0.3, 0.4) is 0 Å². The smallest absolute Gasteiger partial charge is 0.135 e. The van der Waals surface area contributed by atoms with Gasteiger partial charge in [0.2, 0.25) is 0 Å². The summed E-state index contributed by atoms with van der Waals surface area (Å²) < 4.78 is 8.73. The summed E-state index contributed by atoms with van der Waals surface area (Å²) in [5, 5.41) is 8.20. The summed E-state index contributed by atoms with van der Waals surface area (Å²) >= 11 is 6.94. The molecule has 0 radical (unpaired) electrons. The van der Waals surface area contributed by atoms with E-state index < -0.39 is 0 Å². The fourth-order valence-corrected chi connectivity index (χ4v) is 2.96. The first-order valence-corrected chi connectivity index (χ1v) is 7.36. The molecule has 1 heterocycles. The zero-order valence-corrected chi connectivity index (χ0v) is 13.8. The second-order valence-corrected chi connectivity index (χ2v) is 5.75. The Labute approximate surface area is 128 Å². The van der Waals surface area contributed by atoms with E-state index in [9.17, 15) is 0 Å². The predicted molar refractivity (Wildman–Crippen MR) is 80.5 cm³/mol. The lowest BCUT2D eigenvalue weighted by atomic mass is 10.2. The summed E-state index contributed by atoms with van der Waals surface area (Å²) in [5.74, 6) is 0.732. The highest BCUT2D eigenvalue weighted by Crippen LogP contribution is 2.33. The lowest BCUT2D eigenvalue weighted by Crippen LogP contribution is -2.08. The number of nitrogens with zero attached hydrogens (tertiary/aromatic N) is 3. The lowest BCUT2D eigenvalue weighted by Gasteiger charge is -2.09. The largest absolute Gasteiger partial charge is 0.495 e. The van der Waals surface area contributed by atoms with Crippen LogP contribution in [0.5, 0.6) is 5.75 Å². The second-order valence-electron chi connectivity index (χ2n) is 4.04. The second kappa shape index (κ2) is 6.02. The van der Waals surface area contributed by atoms with Crippen molar-refractivity contribution in [3.05, 3.63) is 33.0 Å². The number of hydrogen-bond acceptors (Lipinski definition) is 4. The molecule has 5 nitrogen and oxygen atoms in total. The predicted octanol–water partition coefficient (Wildman–Crippen LogP) is 3.21. The Morgan fingerprint density at radius 2 is 2.11 bits per heavy atom. The van der Waals surface area contributed by atoms with Crippen molar-refractivity contribution in [2.45, 2.75) is 19.4 Å². The van der Waals surface area contributed by atoms with Crippen LogP contribution in [0.4, 0.5) is 0 Å². The first-order valence-electron chi connectivity index (χ1n) is 5.78. The molecule has 0 aliphatic carbocycles. The molecule has 102 valence electrons. The molecule has 2 N–H and O–H groups in total. The first kappa shape index (κ1) is 14.5. The number of hydrogen-bond donors (Lipinski definition) is 1. The molecule has 0 fully saturated rings. The van der Waals surface area contributed by atoms with Crippen LogP contribution in [0.2, 0.25) is 0 Å². The highest BCUT2D eigenvalue weighted by atomic mass is 79.9. The lowest BCUT2D eigenvalue weighted by molar-refractivity contribution is 0.411. The normalized spacial score (nSPS) is 12.5. The van der Waals surface area contributed by atoms with E-state index in [1.807, 2.05) is 25.3 Å². The molecule has 2 aromatic rings. The third kappa shape index (κ3) is 2.98. The van der Waals surface area contributed by atoms with E-state index in [1.165, 1.54) is 0 Å².